The van der Waals surface area contributed by atoms with Crippen molar-refractivity contribution in [2.75, 3.05) is 7.11 Å². The van der Waals surface area contributed by atoms with Crippen molar-refractivity contribution in [2.24, 2.45) is 5.92 Å². The molecule has 0 radical (unpaired) electrons. The fourth-order valence-corrected chi connectivity index (χ4v) is 2.78. The Morgan fingerprint density at radius 2 is 2.07 bits per heavy atom. The predicted octanol–water partition coefficient (Wildman–Crippen LogP) is 2.41. The Balaban J connectivity index is 1.97. The molecule has 84 valence electrons. The topological polar surface area (TPSA) is 35.5 Å². The van der Waals surface area contributed by atoms with Gasteiger partial charge in [-0.2, -0.15) is 0 Å². The van der Waals surface area contributed by atoms with Crippen LogP contribution >= 0.6 is 0 Å². The number of rotatable bonds is 3. The SMILES string of the molecule is CO/C=C(\C)C(=O)OC12CCC(CC1)C2. The molecule has 0 aromatic heterocycles. The minimum Gasteiger partial charge on any atom is -0.504 e. The third-order valence-electron chi connectivity index (χ3n) is 3.60. The lowest BCUT2D eigenvalue weighted by atomic mass is 9.97. The second kappa shape index (κ2) is 3.87. The quantitative estimate of drug-likeness (QED) is 0.407. The molecular formula is C12H18O3. The second-order valence-corrected chi connectivity index (χ2v) is 4.76. The van der Waals surface area contributed by atoms with Gasteiger partial charge in [-0.25, -0.2) is 4.79 Å². The molecule has 2 saturated carbocycles. The molecule has 0 aromatic rings. The maximum Gasteiger partial charge on any atom is 0.337 e. The van der Waals surface area contributed by atoms with Crippen molar-refractivity contribution in [3.63, 3.8) is 0 Å². The van der Waals surface area contributed by atoms with E-state index in [1.807, 2.05) is 0 Å². The third-order valence-corrected chi connectivity index (χ3v) is 3.60. The van der Waals surface area contributed by atoms with Crippen LogP contribution in [0.5, 0.6) is 0 Å². The van der Waals surface area contributed by atoms with E-state index < -0.39 is 0 Å². The lowest BCUT2D eigenvalue weighted by Crippen LogP contribution is -2.30. The molecule has 15 heavy (non-hydrogen) atoms. The molecular weight excluding hydrogens is 192 g/mol. The molecule has 3 nitrogen and oxygen atoms in total. The van der Waals surface area contributed by atoms with Gasteiger partial charge in [-0.1, -0.05) is 0 Å². The average Bonchev–Trinajstić information content (AvgIpc) is 2.77. The van der Waals surface area contributed by atoms with Crippen LogP contribution in [0.15, 0.2) is 11.8 Å². The summed E-state index contributed by atoms with van der Waals surface area (Å²) in [6, 6.07) is 0. The third kappa shape index (κ3) is 2.01. The number of hydrogen-bond donors (Lipinski definition) is 0. The normalized spacial score (nSPS) is 34.3. The molecule has 0 saturated heterocycles. The molecule has 0 amide bonds. The first kappa shape index (κ1) is 10.5. The van der Waals surface area contributed by atoms with Crippen LogP contribution in [0.1, 0.15) is 39.0 Å². The van der Waals surface area contributed by atoms with Crippen LogP contribution in [-0.2, 0) is 14.3 Å². The van der Waals surface area contributed by atoms with Crippen LogP contribution in [0.3, 0.4) is 0 Å². The van der Waals surface area contributed by atoms with E-state index in [1.54, 1.807) is 6.92 Å². The van der Waals surface area contributed by atoms with Crippen molar-refractivity contribution in [1.29, 1.82) is 0 Å². The molecule has 0 aliphatic heterocycles. The van der Waals surface area contributed by atoms with Gasteiger partial charge in [0.1, 0.15) is 5.60 Å². The smallest absolute Gasteiger partial charge is 0.337 e. The molecule has 0 unspecified atom stereocenters. The lowest BCUT2D eigenvalue weighted by Gasteiger charge is -2.26. The molecule has 2 aliphatic rings. The van der Waals surface area contributed by atoms with Gasteiger partial charge in [-0.3, -0.25) is 0 Å². The van der Waals surface area contributed by atoms with Gasteiger partial charge < -0.3 is 9.47 Å². The Bertz CT molecular complexity index is 285. The van der Waals surface area contributed by atoms with Crippen molar-refractivity contribution in [1.82, 2.24) is 0 Å². The van der Waals surface area contributed by atoms with E-state index in [0.717, 1.165) is 25.2 Å². The molecule has 0 heterocycles. The van der Waals surface area contributed by atoms with Crippen LogP contribution in [-0.4, -0.2) is 18.7 Å². The van der Waals surface area contributed by atoms with Gasteiger partial charge in [0.05, 0.1) is 18.9 Å². The number of ether oxygens (including phenoxy) is 2. The standard InChI is InChI=1S/C12H18O3/c1-9(8-14-2)11(13)15-12-5-3-10(7-12)4-6-12/h8,10H,3-7H2,1-2H3/b9-8+. The Morgan fingerprint density at radius 3 is 2.53 bits per heavy atom. The molecule has 0 aromatic carbocycles. The Kier molecular flexibility index (Phi) is 2.72. The highest BCUT2D eigenvalue weighted by Crippen LogP contribution is 2.50. The van der Waals surface area contributed by atoms with E-state index in [9.17, 15) is 4.79 Å². The van der Waals surface area contributed by atoms with Crippen molar-refractivity contribution in [3.8, 4) is 0 Å². The predicted molar refractivity (Wildman–Crippen MR) is 56.2 cm³/mol. The number of esters is 1. The van der Waals surface area contributed by atoms with Gasteiger partial charge in [0.25, 0.3) is 0 Å². The zero-order valence-corrected chi connectivity index (χ0v) is 9.41. The van der Waals surface area contributed by atoms with E-state index in [4.69, 9.17) is 9.47 Å². The highest BCUT2D eigenvalue weighted by Gasteiger charge is 2.47. The summed E-state index contributed by atoms with van der Waals surface area (Å²) in [5.41, 5.74) is 0.409. The average molecular weight is 210 g/mol. The number of carbonyl (C=O) groups excluding carboxylic acids is 1. The highest BCUT2D eigenvalue weighted by molar-refractivity contribution is 5.87. The van der Waals surface area contributed by atoms with E-state index in [2.05, 4.69) is 0 Å². The summed E-state index contributed by atoms with van der Waals surface area (Å²) in [7, 11) is 1.54. The molecule has 0 spiro atoms. The molecule has 2 bridgehead atoms. The van der Waals surface area contributed by atoms with Gasteiger partial charge in [-0.15, -0.1) is 0 Å². The molecule has 2 fully saturated rings. The second-order valence-electron chi connectivity index (χ2n) is 4.76. The van der Waals surface area contributed by atoms with E-state index in [-0.39, 0.29) is 11.6 Å². The summed E-state index contributed by atoms with van der Waals surface area (Å²) >= 11 is 0. The summed E-state index contributed by atoms with van der Waals surface area (Å²) in [6.07, 6.45) is 7.05. The van der Waals surface area contributed by atoms with Gasteiger partial charge in [-0.05, 0) is 44.9 Å². The Hall–Kier alpha value is -0.990. The number of methoxy groups -OCH3 is 1. The van der Waals surface area contributed by atoms with Crippen LogP contribution in [0.2, 0.25) is 0 Å². The van der Waals surface area contributed by atoms with Gasteiger partial charge in [0.15, 0.2) is 0 Å². The Labute approximate surface area is 90.4 Å². The Morgan fingerprint density at radius 1 is 1.40 bits per heavy atom. The molecule has 0 atom stereocenters. The summed E-state index contributed by atoms with van der Waals surface area (Å²) in [5.74, 6) is 0.573. The van der Waals surface area contributed by atoms with Crippen molar-refractivity contribution < 1.29 is 14.3 Å². The van der Waals surface area contributed by atoms with E-state index in [1.165, 1.54) is 26.2 Å². The summed E-state index contributed by atoms with van der Waals surface area (Å²) in [5, 5.41) is 0. The molecule has 0 N–H and O–H groups in total. The molecule has 3 heteroatoms. The number of carbonyl (C=O) groups is 1. The largest absolute Gasteiger partial charge is 0.504 e. The summed E-state index contributed by atoms with van der Waals surface area (Å²) < 4.78 is 10.4. The molecule has 2 aliphatic carbocycles. The fourth-order valence-electron chi connectivity index (χ4n) is 2.78. The zero-order chi connectivity index (χ0) is 10.9. The van der Waals surface area contributed by atoms with Crippen molar-refractivity contribution in [3.05, 3.63) is 11.8 Å². The van der Waals surface area contributed by atoms with Crippen molar-refractivity contribution in [2.45, 2.75) is 44.6 Å². The molecule has 2 rings (SSSR count). The highest BCUT2D eigenvalue weighted by atomic mass is 16.6. The van der Waals surface area contributed by atoms with Crippen LogP contribution in [0.4, 0.5) is 0 Å². The first-order valence-electron chi connectivity index (χ1n) is 5.58. The summed E-state index contributed by atoms with van der Waals surface area (Å²) in [4.78, 5) is 11.7. The van der Waals surface area contributed by atoms with Gasteiger partial charge in [0, 0.05) is 0 Å². The van der Waals surface area contributed by atoms with Gasteiger partial charge >= 0.3 is 5.97 Å². The van der Waals surface area contributed by atoms with Gasteiger partial charge in [0.2, 0.25) is 0 Å². The van der Waals surface area contributed by atoms with Crippen LogP contribution in [0.25, 0.3) is 0 Å². The maximum atomic E-state index is 11.7. The first-order valence-corrected chi connectivity index (χ1v) is 5.58. The zero-order valence-electron chi connectivity index (χ0n) is 9.41. The number of fused-ring (bicyclic) bond motifs is 2. The van der Waals surface area contributed by atoms with Crippen LogP contribution in [0, 0.1) is 5.92 Å². The fraction of sp³-hybridized carbons (Fsp3) is 0.750. The van der Waals surface area contributed by atoms with E-state index in [0.29, 0.717) is 5.57 Å². The monoisotopic (exact) mass is 210 g/mol. The maximum absolute atomic E-state index is 11.7. The van der Waals surface area contributed by atoms with E-state index >= 15 is 0 Å². The van der Waals surface area contributed by atoms with Crippen LogP contribution < -0.4 is 0 Å². The number of hydrogen-bond acceptors (Lipinski definition) is 3. The minimum absolute atomic E-state index is 0.134. The summed E-state index contributed by atoms with van der Waals surface area (Å²) in [6.45, 7) is 1.73. The minimum atomic E-state index is -0.223. The lowest BCUT2D eigenvalue weighted by molar-refractivity contribution is -0.154. The van der Waals surface area contributed by atoms with Crippen molar-refractivity contribution >= 4 is 5.97 Å². The first-order chi connectivity index (χ1) is 7.15.